The van der Waals surface area contributed by atoms with Crippen LogP contribution in [0.1, 0.15) is 29.0 Å². The van der Waals surface area contributed by atoms with Crippen LogP contribution in [0.5, 0.6) is 0 Å². The Morgan fingerprint density at radius 1 is 1.22 bits per heavy atom. The topological polar surface area (TPSA) is 32.3 Å². The fraction of sp³-hybridized carbons (Fsp3) is 0.286. The first-order chi connectivity index (χ1) is 8.70. The van der Waals surface area contributed by atoms with Gasteiger partial charge in [0.1, 0.15) is 0 Å². The molecule has 1 aromatic heterocycles. The average Bonchev–Trinajstić information content (AvgIpc) is 2.83. The quantitative estimate of drug-likeness (QED) is 0.875. The molecule has 0 fully saturated rings. The molecule has 2 N–H and O–H groups in total. The lowest BCUT2D eigenvalue weighted by atomic mass is 10.1. The smallest absolute Gasteiger partial charge is 0.0681 e. The van der Waals surface area contributed by atoms with Crippen LogP contribution >= 0.6 is 27.3 Å². The number of rotatable bonds is 5. The molecule has 0 spiro atoms. The van der Waals surface area contributed by atoms with Crippen LogP contribution in [0.15, 0.2) is 40.2 Å². The summed E-state index contributed by atoms with van der Waals surface area (Å²) < 4.78 is 1.17. The number of aliphatic hydroxyl groups excluding tert-OH is 1. The number of aliphatic hydroxyl groups is 1. The second kappa shape index (κ2) is 6.48. The predicted octanol–water partition coefficient (Wildman–Crippen LogP) is 3.85. The van der Waals surface area contributed by atoms with Crippen molar-refractivity contribution >= 4 is 27.3 Å². The summed E-state index contributed by atoms with van der Waals surface area (Å²) in [5.41, 5.74) is 2.18. The van der Waals surface area contributed by atoms with E-state index in [-0.39, 0.29) is 6.61 Å². The normalized spacial score (nSPS) is 12.6. The van der Waals surface area contributed by atoms with Crippen molar-refractivity contribution in [3.63, 3.8) is 0 Å². The van der Waals surface area contributed by atoms with Gasteiger partial charge in [-0.25, -0.2) is 0 Å². The summed E-state index contributed by atoms with van der Waals surface area (Å²) in [4.78, 5) is 1.32. The van der Waals surface area contributed by atoms with Crippen molar-refractivity contribution in [2.75, 3.05) is 0 Å². The first-order valence-corrected chi connectivity index (χ1v) is 7.53. The van der Waals surface area contributed by atoms with Gasteiger partial charge in [-0.3, -0.25) is 0 Å². The third-order valence-electron chi connectivity index (χ3n) is 2.86. The van der Waals surface area contributed by atoms with E-state index in [2.05, 4.69) is 51.7 Å². The molecule has 1 unspecified atom stereocenters. The van der Waals surface area contributed by atoms with Crippen LogP contribution < -0.4 is 5.32 Å². The van der Waals surface area contributed by atoms with Crippen LogP contribution in [0.4, 0.5) is 0 Å². The number of nitrogens with one attached hydrogen (secondary N) is 1. The maximum atomic E-state index is 8.98. The van der Waals surface area contributed by atoms with E-state index in [1.807, 2.05) is 12.1 Å². The zero-order chi connectivity index (χ0) is 13.0. The van der Waals surface area contributed by atoms with Crippen LogP contribution in [0, 0.1) is 0 Å². The minimum absolute atomic E-state index is 0.103. The Kier molecular flexibility index (Phi) is 4.95. The molecule has 0 aliphatic rings. The lowest BCUT2D eigenvalue weighted by molar-refractivity contribution is 0.282. The van der Waals surface area contributed by atoms with Gasteiger partial charge in [0.15, 0.2) is 0 Å². The molecule has 0 radical (unpaired) electrons. The summed E-state index contributed by atoms with van der Waals surface area (Å²) in [6.45, 7) is 3.10. The Hall–Kier alpha value is -0.680. The molecule has 4 heteroatoms. The number of hydrogen-bond donors (Lipinski definition) is 2. The van der Waals surface area contributed by atoms with Gasteiger partial charge in [0.05, 0.1) is 6.61 Å². The van der Waals surface area contributed by atoms with Gasteiger partial charge in [0, 0.05) is 21.9 Å². The molecule has 0 amide bonds. The minimum atomic E-state index is 0.103. The molecule has 0 aliphatic heterocycles. The number of halogens is 1. The standard InChI is InChI=1S/C14H16BrNOS/c1-10(14-13(15)6-7-18-14)16-8-11-2-4-12(9-17)5-3-11/h2-7,10,16-17H,8-9H2,1H3. The Bertz CT molecular complexity index is 495. The van der Waals surface area contributed by atoms with Gasteiger partial charge >= 0.3 is 0 Å². The molecule has 1 heterocycles. The zero-order valence-corrected chi connectivity index (χ0v) is 12.6. The summed E-state index contributed by atoms with van der Waals surface area (Å²) in [5.74, 6) is 0. The highest BCUT2D eigenvalue weighted by Crippen LogP contribution is 2.28. The van der Waals surface area contributed by atoms with Gasteiger partial charge in [-0.2, -0.15) is 0 Å². The molecule has 96 valence electrons. The second-order valence-electron chi connectivity index (χ2n) is 4.21. The maximum Gasteiger partial charge on any atom is 0.0681 e. The van der Waals surface area contributed by atoms with Crippen LogP contribution in [0.2, 0.25) is 0 Å². The van der Waals surface area contributed by atoms with E-state index >= 15 is 0 Å². The van der Waals surface area contributed by atoms with E-state index in [0.717, 1.165) is 12.1 Å². The van der Waals surface area contributed by atoms with E-state index in [0.29, 0.717) is 6.04 Å². The van der Waals surface area contributed by atoms with Crippen molar-refractivity contribution < 1.29 is 5.11 Å². The third kappa shape index (κ3) is 3.42. The van der Waals surface area contributed by atoms with Crippen molar-refractivity contribution in [2.45, 2.75) is 26.1 Å². The monoisotopic (exact) mass is 325 g/mol. The molecule has 0 bridgehead atoms. The molecule has 2 nitrogen and oxygen atoms in total. The van der Waals surface area contributed by atoms with Crippen molar-refractivity contribution in [1.29, 1.82) is 0 Å². The largest absolute Gasteiger partial charge is 0.392 e. The van der Waals surface area contributed by atoms with Gasteiger partial charge < -0.3 is 10.4 Å². The maximum absolute atomic E-state index is 8.98. The Balaban J connectivity index is 1.93. The van der Waals surface area contributed by atoms with E-state index in [4.69, 9.17) is 5.11 Å². The lowest BCUT2D eigenvalue weighted by Gasteiger charge is -2.13. The number of benzene rings is 1. The molecule has 1 atom stereocenters. The van der Waals surface area contributed by atoms with E-state index < -0.39 is 0 Å². The Morgan fingerprint density at radius 3 is 2.44 bits per heavy atom. The van der Waals surface area contributed by atoms with E-state index in [9.17, 15) is 0 Å². The van der Waals surface area contributed by atoms with Crippen molar-refractivity contribution in [3.05, 3.63) is 56.2 Å². The van der Waals surface area contributed by atoms with Crippen LogP contribution in [0.3, 0.4) is 0 Å². The van der Waals surface area contributed by atoms with Crippen molar-refractivity contribution in [2.24, 2.45) is 0 Å². The highest BCUT2D eigenvalue weighted by atomic mass is 79.9. The van der Waals surface area contributed by atoms with Crippen molar-refractivity contribution in [1.82, 2.24) is 5.32 Å². The fourth-order valence-electron chi connectivity index (χ4n) is 1.74. The number of thiophene rings is 1. The number of hydrogen-bond acceptors (Lipinski definition) is 3. The van der Waals surface area contributed by atoms with Gasteiger partial charge in [0.25, 0.3) is 0 Å². The van der Waals surface area contributed by atoms with Gasteiger partial charge in [0.2, 0.25) is 0 Å². The minimum Gasteiger partial charge on any atom is -0.392 e. The first-order valence-electron chi connectivity index (χ1n) is 5.85. The van der Waals surface area contributed by atoms with Gasteiger partial charge in [-0.1, -0.05) is 24.3 Å². The molecule has 2 rings (SSSR count). The molecule has 2 aromatic rings. The molecule has 0 saturated carbocycles. The summed E-state index contributed by atoms with van der Waals surface area (Å²) in [6, 6.07) is 10.4. The molecule has 0 saturated heterocycles. The average molecular weight is 326 g/mol. The molecule has 1 aromatic carbocycles. The van der Waals surface area contributed by atoms with E-state index in [1.54, 1.807) is 11.3 Å². The Morgan fingerprint density at radius 2 is 1.89 bits per heavy atom. The fourth-order valence-corrected chi connectivity index (χ4v) is 3.49. The highest BCUT2D eigenvalue weighted by molar-refractivity contribution is 9.10. The molecular weight excluding hydrogens is 310 g/mol. The van der Waals surface area contributed by atoms with E-state index in [1.165, 1.54) is 14.9 Å². The second-order valence-corrected chi connectivity index (χ2v) is 6.01. The van der Waals surface area contributed by atoms with Crippen LogP contribution in [0.25, 0.3) is 0 Å². The SMILES string of the molecule is CC(NCc1ccc(CO)cc1)c1sccc1Br. The van der Waals surface area contributed by atoms with Crippen LogP contribution in [-0.4, -0.2) is 5.11 Å². The van der Waals surface area contributed by atoms with Gasteiger partial charge in [-0.15, -0.1) is 11.3 Å². The lowest BCUT2D eigenvalue weighted by Crippen LogP contribution is -2.17. The zero-order valence-electron chi connectivity index (χ0n) is 10.2. The summed E-state index contributed by atoms with van der Waals surface area (Å²) in [7, 11) is 0. The molecule has 18 heavy (non-hydrogen) atoms. The summed E-state index contributed by atoms with van der Waals surface area (Å²) in [6.07, 6.45) is 0. The summed E-state index contributed by atoms with van der Waals surface area (Å²) >= 11 is 5.31. The van der Waals surface area contributed by atoms with Crippen LogP contribution in [-0.2, 0) is 13.2 Å². The predicted molar refractivity (Wildman–Crippen MR) is 79.6 cm³/mol. The summed E-state index contributed by atoms with van der Waals surface area (Å²) in [5, 5.41) is 14.6. The van der Waals surface area contributed by atoms with Gasteiger partial charge in [-0.05, 0) is 45.4 Å². The first kappa shape index (κ1) is 13.7. The molecule has 0 aliphatic carbocycles. The molecular formula is C14H16BrNOS. The Labute approximate surface area is 120 Å². The third-order valence-corrected chi connectivity index (χ3v) is 4.91. The highest BCUT2D eigenvalue weighted by Gasteiger charge is 2.09. The van der Waals surface area contributed by atoms with Crippen molar-refractivity contribution in [3.8, 4) is 0 Å².